The van der Waals surface area contributed by atoms with Gasteiger partial charge in [0.2, 0.25) is 0 Å². The van der Waals surface area contributed by atoms with Gasteiger partial charge in [-0.05, 0) is 50.6 Å². The Kier molecular flexibility index (Phi) is 4.21. The molecule has 1 aromatic heterocycles. The fraction of sp³-hybridized carbons (Fsp3) is 0.786. The van der Waals surface area contributed by atoms with Crippen LogP contribution in [0.4, 0.5) is 0 Å². The van der Waals surface area contributed by atoms with Gasteiger partial charge in [-0.1, -0.05) is 13.3 Å². The molecule has 3 nitrogen and oxygen atoms in total. The molecule has 0 saturated heterocycles. The summed E-state index contributed by atoms with van der Waals surface area (Å²) < 4.78 is 1.99. The number of nitrogens with zero attached hydrogens (tertiary/aromatic N) is 2. The van der Waals surface area contributed by atoms with Gasteiger partial charge in [-0.25, -0.2) is 0 Å². The SMILES string of the molecule is CNC(CCc1ccnn1C)C1CCC(C)C1. The highest BCUT2D eigenvalue weighted by molar-refractivity contribution is 5.01. The van der Waals surface area contributed by atoms with E-state index >= 15 is 0 Å². The third-order valence-electron chi connectivity index (χ3n) is 4.31. The predicted octanol–water partition coefficient (Wildman–Crippen LogP) is 2.38. The molecule has 1 heterocycles. The van der Waals surface area contributed by atoms with Gasteiger partial charge >= 0.3 is 0 Å². The maximum atomic E-state index is 4.23. The van der Waals surface area contributed by atoms with E-state index in [1.807, 2.05) is 17.9 Å². The lowest BCUT2D eigenvalue weighted by atomic mass is 9.93. The molecular formula is C14H25N3. The van der Waals surface area contributed by atoms with Gasteiger partial charge < -0.3 is 5.32 Å². The summed E-state index contributed by atoms with van der Waals surface area (Å²) in [5.74, 6) is 1.80. The molecule has 1 fully saturated rings. The second kappa shape index (κ2) is 5.67. The van der Waals surface area contributed by atoms with Gasteiger partial charge in [0.05, 0.1) is 0 Å². The topological polar surface area (TPSA) is 29.9 Å². The molecule has 0 amide bonds. The van der Waals surface area contributed by atoms with Crippen LogP contribution < -0.4 is 5.32 Å². The minimum atomic E-state index is 0.676. The van der Waals surface area contributed by atoms with E-state index in [2.05, 4.69) is 30.5 Å². The lowest BCUT2D eigenvalue weighted by Crippen LogP contribution is -2.33. The molecular weight excluding hydrogens is 210 g/mol. The van der Waals surface area contributed by atoms with Crippen LogP contribution in [-0.4, -0.2) is 22.9 Å². The van der Waals surface area contributed by atoms with Crippen LogP contribution in [0.3, 0.4) is 0 Å². The van der Waals surface area contributed by atoms with Gasteiger partial charge in [-0.15, -0.1) is 0 Å². The third-order valence-corrected chi connectivity index (χ3v) is 4.31. The number of nitrogens with one attached hydrogen (secondary N) is 1. The molecule has 96 valence electrons. The van der Waals surface area contributed by atoms with Crippen molar-refractivity contribution in [2.45, 2.75) is 45.1 Å². The van der Waals surface area contributed by atoms with E-state index in [0.29, 0.717) is 6.04 Å². The zero-order valence-electron chi connectivity index (χ0n) is 11.3. The van der Waals surface area contributed by atoms with Gasteiger partial charge in [0.25, 0.3) is 0 Å². The van der Waals surface area contributed by atoms with Crippen LogP contribution in [0, 0.1) is 11.8 Å². The number of aryl methyl sites for hydroxylation is 2. The smallest absolute Gasteiger partial charge is 0.0492 e. The zero-order valence-corrected chi connectivity index (χ0v) is 11.3. The summed E-state index contributed by atoms with van der Waals surface area (Å²) in [4.78, 5) is 0. The van der Waals surface area contributed by atoms with Crippen LogP contribution >= 0.6 is 0 Å². The van der Waals surface area contributed by atoms with Gasteiger partial charge in [0.1, 0.15) is 0 Å². The van der Waals surface area contributed by atoms with E-state index in [1.54, 1.807) is 0 Å². The van der Waals surface area contributed by atoms with Gasteiger partial charge in [0.15, 0.2) is 0 Å². The van der Waals surface area contributed by atoms with Crippen molar-refractivity contribution in [1.82, 2.24) is 15.1 Å². The molecule has 0 radical (unpaired) electrons. The molecule has 0 aliphatic heterocycles. The van der Waals surface area contributed by atoms with Crippen molar-refractivity contribution in [3.05, 3.63) is 18.0 Å². The average Bonchev–Trinajstić information content (AvgIpc) is 2.90. The van der Waals surface area contributed by atoms with E-state index in [-0.39, 0.29) is 0 Å². The Morgan fingerprint density at radius 3 is 2.88 bits per heavy atom. The van der Waals surface area contributed by atoms with Gasteiger partial charge in [-0.3, -0.25) is 4.68 Å². The van der Waals surface area contributed by atoms with Crippen LogP contribution in [0.25, 0.3) is 0 Å². The summed E-state index contributed by atoms with van der Waals surface area (Å²) in [5.41, 5.74) is 1.34. The fourth-order valence-electron chi connectivity index (χ4n) is 3.18. The second-order valence-corrected chi connectivity index (χ2v) is 5.56. The molecule has 0 aromatic carbocycles. The number of aromatic nitrogens is 2. The maximum Gasteiger partial charge on any atom is 0.0492 e. The zero-order chi connectivity index (χ0) is 12.3. The number of hydrogen-bond acceptors (Lipinski definition) is 2. The summed E-state index contributed by atoms with van der Waals surface area (Å²) >= 11 is 0. The Bertz CT molecular complexity index is 345. The first-order chi connectivity index (χ1) is 8.20. The number of rotatable bonds is 5. The highest BCUT2D eigenvalue weighted by Crippen LogP contribution is 2.33. The highest BCUT2D eigenvalue weighted by atomic mass is 15.2. The molecule has 1 aromatic rings. The Morgan fingerprint density at radius 2 is 2.35 bits per heavy atom. The quantitative estimate of drug-likeness (QED) is 0.849. The fourth-order valence-corrected chi connectivity index (χ4v) is 3.18. The standard InChI is InChI=1S/C14H25N3/c1-11-4-5-12(10-11)14(15-2)7-6-13-8-9-16-17(13)3/h8-9,11-12,14-15H,4-7,10H2,1-3H3. The van der Waals surface area contributed by atoms with Crippen LogP contribution in [0.2, 0.25) is 0 Å². The van der Waals surface area contributed by atoms with E-state index in [4.69, 9.17) is 0 Å². The normalized spacial score (nSPS) is 26.3. The van der Waals surface area contributed by atoms with Crippen molar-refractivity contribution >= 4 is 0 Å². The molecule has 1 saturated carbocycles. The molecule has 2 rings (SSSR count). The van der Waals surface area contributed by atoms with Crippen molar-refractivity contribution in [2.75, 3.05) is 7.05 Å². The first-order valence-electron chi connectivity index (χ1n) is 6.85. The second-order valence-electron chi connectivity index (χ2n) is 5.56. The number of hydrogen-bond donors (Lipinski definition) is 1. The minimum absolute atomic E-state index is 0.676. The predicted molar refractivity (Wildman–Crippen MR) is 70.9 cm³/mol. The first kappa shape index (κ1) is 12.6. The van der Waals surface area contributed by atoms with Gasteiger partial charge in [-0.2, -0.15) is 5.10 Å². The Morgan fingerprint density at radius 1 is 1.53 bits per heavy atom. The summed E-state index contributed by atoms with van der Waals surface area (Å²) in [6, 6.07) is 2.80. The molecule has 3 heteroatoms. The third kappa shape index (κ3) is 3.09. The van der Waals surface area contributed by atoms with E-state index in [0.717, 1.165) is 18.3 Å². The average molecular weight is 235 g/mol. The van der Waals surface area contributed by atoms with Crippen LogP contribution in [0.15, 0.2) is 12.3 Å². The van der Waals surface area contributed by atoms with Crippen LogP contribution in [0.5, 0.6) is 0 Å². The van der Waals surface area contributed by atoms with Crippen molar-refractivity contribution in [1.29, 1.82) is 0 Å². The van der Waals surface area contributed by atoms with Crippen LogP contribution in [0.1, 0.15) is 38.3 Å². The summed E-state index contributed by atoms with van der Waals surface area (Å²) in [5, 5.41) is 7.74. The Labute approximate surface area is 105 Å². The summed E-state index contributed by atoms with van der Waals surface area (Å²) in [7, 11) is 4.14. The molecule has 1 aliphatic rings. The summed E-state index contributed by atoms with van der Waals surface area (Å²) in [6.07, 6.45) is 8.46. The lowest BCUT2D eigenvalue weighted by Gasteiger charge is -2.23. The first-order valence-corrected chi connectivity index (χ1v) is 6.85. The molecule has 3 atom stereocenters. The van der Waals surface area contributed by atoms with E-state index < -0.39 is 0 Å². The highest BCUT2D eigenvalue weighted by Gasteiger charge is 2.27. The Hall–Kier alpha value is -0.830. The Balaban J connectivity index is 1.86. The molecule has 17 heavy (non-hydrogen) atoms. The summed E-state index contributed by atoms with van der Waals surface area (Å²) in [6.45, 7) is 2.38. The van der Waals surface area contributed by atoms with E-state index in [9.17, 15) is 0 Å². The van der Waals surface area contributed by atoms with Crippen molar-refractivity contribution in [3.63, 3.8) is 0 Å². The maximum absolute atomic E-state index is 4.23. The molecule has 3 unspecified atom stereocenters. The molecule has 0 bridgehead atoms. The van der Waals surface area contributed by atoms with Gasteiger partial charge in [0, 0.05) is 25.0 Å². The molecule has 1 N–H and O–H groups in total. The van der Waals surface area contributed by atoms with Crippen molar-refractivity contribution in [3.8, 4) is 0 Å². The van der Waals surface area contributed by atoms with Crippen molar-refractivity contribution in [2.24, 2.45) is 18.9 Å². The minimum Gasteiger partial charge on any atom is -0.317 e. The van der Waals surface area contributed by atoms with Crippen LogP contribution in [-0.2, 0) is 13.5 Å². The molecule has 0 spiro atoms. The lowest BCUT2D eigenvalue weighted by molar-refractivity contribution is 0.349. The largest absolute Gasteiger partial charge is 0.317 e. The monoisotopic (exact) mass is 235 g/mol. The van der Waals surface area contributed by atoms with E-state index in [1.165, 1.54) is 31.4 Å². The van der Waals surface area contributed by atoms with Crippen molar-refractivity contribution < 1.29 is 0 Å². The molecule has 1 aliphatic carbocycles.